The van der Waals surface area contributed by atoms with Crippen molar-refractivity contribution < 1.29 is 31.6 Å². The smallest absolute Gasteiger partial charge is 0.416 e. The Morgan fingerprint density at radius 2 is 1.64 bits per heavy atom. The number of nitrogens with one attached hydrogen (secondary N) is 1. The van der Waals surface area contributed by atoms with E-state index in [4.69, 9.17) is 11.6 Å². The summed E-state index contributed by atoms with van der Waals surface area (Å²) in [5, 5.41) is 21.0. The monoisotopic (exact) mass is 539 g/mol. The molecule has 9 nitrogen and oxygen atoms in total. The third kappa shape index (κ3) is 4.70. The number of nitro benzene ring substituents is 1. The molecule has 186 valence electrons. The summed E-state index contributed by atoms with van der Waals surface area (Å²) in [6.45, 7) is 0. The molecular formula is C22H13ClF3N3O6S. The van der Waals surface area contributed by atoms with Gasteiger partial charge in [-0.2, -0.15) is 21.6 Å². The van der Waals surface area contributed by atoms with Gasteiger partial charge in [-0.25, -0.2) is 9.51 Å². The minimum absolute atomic E-state index is 0.0469. The van der Waals surface area contributed by atoms with Gasteiger partial charge in [0.1, 0.15) is 5.75 Å². The summed E-state index contributed by atoms with van der Waals surface area (Å²) in [5.41, 5.74) is -2.86. The molecule has 0 amide bonds. The standard InChI is InChI=1S/C22H13ClF3N3O6S/c23-13-2-8-20(30)18(10-13)16-11-21(31)28(19-7-1-12(9-17(16)19)22(24,25)26)27-36(34,35)15-5-3-14(4-6-15)29(32)33/h1-11,27,30H. The third-order valence-corrected chi connectivity index (χ3v) is 6.71. The molecule has 0 unspecified atom stereocenters. The van der Waals surface area contributed by atoms with Crippen molar-refractivity contribution in [1.29, 1.82) is 0 Å². The summed E-state index contributed by atoms with van der Waals surface area (Å²) in [4.78, 5) is 24.6. The highest BCUT2D eigenvalue weighted by Crippen LogP contribution is 2.38. The first-order valence-electron chi connectivity index (χ1n) is 9.81. The molecule has 4 aromatic rings. The van der Waals surface area contributed by atoms with Gasteiger partial charge in [0, 0.05) is 39.7 Å². The number of aromatic hydroxyl groups is 1. The van der Waals surface area contributed by atoms with Gasteiger partial charge in [-0.3, -0.25) is 14.9 Å². The Bertz CT molecular complexity index is 1690. The molecule has 3 aromatic carbocycles. The van der Waals surface area contributed by atoms with Gasteiger partial charge in [0.2, 0.25) is 0 Å². The number of sulfonamides is 1. The van der Waals surface area contributed by atoms with Gasteiger partial charge >= 0.3 is 6.18 Å². The highest BCUT2D eigenvalue weighted by molar-refractivity contribution is 7.92. The zero-order valence-corrected chi connectivity index (χ0v) is 19.2. The summed E-state index contributed by atoms with van der Waals surface area (Å²) < 4.78 is 66.7. The van der Waals surface area contributed by atoms with Crippen molar-refractivity contribution in [2.24, 2.45) is 0 Å². The number of rotatable bonds is 5. The second-order valence-electron chi connectivity index (χ2n) is 7.47. The summed E-state index contributed by atoms with van der Waals surface area (Å²) in [7, 11) is -4.50. The lowest BCUT2D eigenvalue weighted by Gasteiger charge is -2.17. The SMILES string of the molecule is O=c1cc(-c2cc(Cl)ccc2O)c2cc(C(F)(F)F)ccc2n1NS(=O)(=O)c1ccc([N+](=O)[O-])cc1. The normalized spacial score (nSPS) is 12.0. The second-order valence-corrected chi connectivity index (χ2v) is 9.57. The molecule has 0 bridgehead atoms. The van der Waals surface area contributed by atoms with E-state index in [2.05, 4.69) is 0 Å². The molecule has 0 aliphatic rings. The Balaban J connectivity index is 1.95. The van der Waals surface area contributed by atoms with Crippen molar-refractivity contribution in [1.82, 2.24) is 4.68 Å². The minimum Gasteiger partial charge on any atom is -0.507 e. The fourth-order valence-corrected chi connectivity index (χ4v) is 4.67. The molecule has 0 aliphatic heterocycles. The zero-order chi connectivity index (χ0) is 26.4. The molecular weight excluding hydrogens is 527 g/mol. The van der Waals surface area contributed by atoms with Crippen LogP contribution in [0, 0.1) is 10.1 Å². The number of pyridine rings is 1. The first-order chi connectivity index (χ1) is 16.8. The van der Waals surface area contributed by atoms with E-state index in [1.807, 2.05) is 4.83 Å². The van der Waals surface area contributed by atoms with E-state index in [9.17, 15) is 41.6 Å². The van der Waals surface area contributed by atoms with Gasteiger partial charge in [-0.05, 0) is 48.5 Å². The second kappa shape index (κ2) is 8.84. The van der Waals surface area contributed by atoms with Crippen molar-refractivity contribution in [3.05, 3.63) is 97.8 Å². The van der Waals surface area contributed by atoms with Crippen LogP contribution < -0.4 is 10.4 Å². The fourth-order valence-electron chi connectivity index (χ4n) is 3.47. The van der Waals surface area contributed by atoms with Crippen LogP contribution in [-0.4, -0.2) is 23.1 Å². The van der Waals surface area contributed by atoms with E-state index in [0.717, 1.165) is 36.4 Å². The van der Waals surface area contributed by atoms with Gasteiger partial charge in [0.15, 0.2) is 0 Å². The predicted molar refractivity (Wildman–Crippen MR) is 125 cm³/mol. The first kappa shape index (κ1) is 25.0. The van der Waals surface area contributed by atoms with Crippen LogP contribution >= 0.6 is 11.6 Å². The number of phenols is 1. The van der Waals surface area contributed by atoms with Crippen LogP contribution in [0.25, 0.3) is 22.0 Å². The summed E-state index contributed by atoms with van der Waals surface area (Å²) in [6.07, 6.45) is -4.76. The van der Waals surface area contributed by atoms with E-state index in [0.29, 0.717) is 16.8 Å². The predicted octanol–water partition coefficient (Wildman–Crippen LogP) is 4.89. The number of hydrogen-bond donors (Lipinski definition) is 2. The molecule has 2 N–H and O–H groups in total. The Morgan fingerprint density at radius 1 is 0.972 bits per heavy atom. The minimum atomic E-state index is -4.76. The maximum Gasteiger partial charge on any atom is 0.416 e. The van der Waals surface area contributed by atoms with Crippen LogP contribution in [0.3, 0.4) is 0 Å². The van der Waals surface area contributed by atoms with Gasteiger partial charge < -0.3 is 5.11 Å². The van der Waals surface area contributed by atoms with Gasteiger partial charge in [0.25, 0.3) is 21.3 Å². The number of hydrogen-bond acceptors (Lipinski definition) is 6. The number of non-ortho nitro benzene ring substituents is 1. The maximum atomic E-state index is 13.5. The van der Waals surface area contributed by atoms with E-state index in [1.54, 1.807) is 0 Å². The largest absolute Gasteiger partial charge is 0.507 e. The molecule has 1 heterocycles. The molecule has 0 saturated heterocycles. The molecule has 1 aromatic heterocycles. The number of phenolic OH excluding ortho intramolecular Hbond substituents is 1. The van der Waals surface area contributed by atoms with Crippen LogP contribution in [0.2, 0.25) is 5.02 Å². The molecule has 14 heteroatoms. The molecule has 0 aliphatic carbocycles. The number of aromatic nitrogens is 1. The Morgan fingerprint density at radius 3 is 2.25 bits per heavy atom. The van der Waals surface area contributed by atoms with Crippen LogP contribution in [0.1, 0.15) is 5.56 Å². The summed E-state index contributed by atoms with van der Waals surface area (Å²) >= 11 is 5.97. The van der Waals surface area contributed by atoms with E-state index in [-0.39, 0.29) is 38.5 Å². The molecule has 4 rings (SSSR count). The molecule has 0 saturated carbocycles. The number of halogens is 4. The van der Waals surface area contributed by atoms with Gasteiger partial charge in [-0.1, -0.05) is 11.6 Å². The van der Waals surface area contributed by atoms with Crippen LogP contribution in [0.15, 0.2) is 76.4 Å². The van der Waals surface area contributed by atoms with E-state index < -0.39 is 37.1 Å². The highest BCUT2D eigenvalue weighted by atomic mass is 35.5. The third-order valence-electron chi connectivity index (χ3n) is 5.16. The maximum absolute atomic E-state index is 13.5. The Kier molecular flexibility index (Phi) is 6.14. The lowest BCUT2D eigenvalue weighted by molar-refractivity contribution is -0.384. The molecule has 0 spiro atoms. The van der Waals surface area contributed by atoms with Gasteiger partial charge in [0.05, 0.1) is 20.9 Å². The number of nitrogens with zero attached hydrogens (tertiary/aromatic N) is 2. The average Bonchev–Trinajstić information content (AvgIpc) is 2.81. The van der Waals surface area contributed by atoms with Crippen molar-refractivity contribution in [2.75, 3.05) is 4.83 Å². The van der Waals surface area contributed by atoms with Crippen molar-refractivity contribution in [3.8, 4) is 16.9 Å². The highest BCUT2D eigenvalue weighted by Gasteiger charge is 2.31. The topological polar surface area (TPSA) is 132 Å². The first-order valence-corrected chi connectivity index (χ1v) is 11.7. The Labute approximate surface area is 205 Å². The van der Waals surface area contributed by atoms with Crippen molar-refractivity contribution >= 4 is 38.2 Å². The Hall–Kier alpha value is -4.10. The van der Waals surface area contributed by atoms with Gasteiger partial charge in [-0.15, -0.1) is 0 Å². The quantitative estimate of drug-likeness (QED) is 0.274. The van der Waals surface area contributed by atoms with Crippen LogP contribution in [0.5, 0.6) is 5.75 Å². The van der Waals surface area contributed by atoms with E-state index >= 15 is 0 Å². The number of alkyl halides is 3. The number of fused-ring (bicyclic) bond motifs is 1. The van der Waals surface area contributed by atoms with Crippen LogP contribution in [-0.2, 0) is 16.2 Å². The van der Waals surface area contributed by atoms with Crippen molar-refractivity contribution in [2.45, 2.75) is 11.1 Å². The average molecular weight is 540 g/mol. The molecule has 0 atom stereocenters. The molecule has 0 radical (unpaired) electrons. The lowest BCUT2D eigenvalue weighted by atomic mass is 9.98. The number of benzene rings is 3. The van der Waals surface area contributed by atoms with Crippen LogP contribution in [0.4, 0.5) is 18.9 Å². The number of nitro groups is 1. The van der Waals surface area contributed by atoms with Crippen molar-refractivity contribution in [3.63, 3.8) is 0 Å². The summed E-state index contributed by atoms with van der Waals surface area (Å²) in [6, 6.07) is 10.7. The fraction of sp³-hybridized carbons (Fsp3) is 0.0455. The lowest BCUT2D eigenvalue weighted by Crippen LogP contribution is -2.33. The van der Waals surface area contributed by atoms with E-state index in [1.165, 1.54) is 18.2 Å². The zero-order valence-electron chi connectivity index (χ0n) is 17.7. The summed E-state index contributed by atoms with van der Waals surface area (Å²) in [5.74, 6) is -0.373. The molecule has 36 heavy (non-hydrogen) atoms. The molecule has 0 fully saturated rings.